The highest BCUT2D eigenvalue weighted by Gasteiger charge is 2.41. The van der Waals surface area contributed by atoms with Crippen LogP contribution in [-0.4, -0.2) is 80.4 Å². The van der Waals surface area contributed by atoms with Crippen LogP contribution in [0.15, 0.2) is 24.3 Å². The van der Waals surface area contributed by atoms with Crippen molar-refractivity contribution in [3.05, 3.63) is 39.8 Å². The van der Waals surface area contributed by atoms with Crippen LogP contribution in [0.5, 0.6) is 5.75 Å². The van der Waals surface area contributed by atoms with Crippen molar-refractivity contribution in [2.45, 2.75) is 50.8 Å². The van der Waals surface area contributed by atoms with E-state index in [9.17, 15) is 14.4 Å². The van der Waals surface area contributed by atoms with E-state index >= 15 is 0 Å². The van der Waals surface area contributed by atoms with Crippen LogP contribution >= 0.6 is 11.3 Å². The minimum absolute atomic E-state index is 0.0498. The summed E-state index contributed by atoms with van der Waals surface area (Å²) in [4.78, 5) is 45.5. The number of rotatable bonds is 11. The first-order chi connectivity index (χ1) is 18.4. The second-order valence-corrected chi connectivity index (χ2v) is 10.3. The molecule has 0 unspecified atom stereocenters. The molecule has 4 rings (SSSR count). The largest absolute Gasteiger partial charge is 0.495 e. The van der Waals surface area contributed by atoms with Crippen LogP contribution in [0.2, 0.25) is 0 Å². The fraction of sp³-hybridized carbons (Fsp3) is 0.538. The number of amides is 3. The van der Waals surface area contributed by atoms with Gasteiger partial charge in [-0.15, -0.1) is 11.3 Å². The first kappa shape index (κ1) is 27.8. The standard InChI is InChI=1S/C26H35N5O6S/c1-16(31(17-10-11-17)25(33)21-15-27-13-14-37-21)24-30-19(8-6-12-28-26(34)36-3)22(38-24)23(32)29-18-7-4-5-9-20(18)35-2/h4-5,7,9,16-17,21,27H,6,8,10-15H2,1-3H3,(H,28,34)(H,29,32)/t16-,21-/m1/s1. The van der Waals surface area contributed by atoms with Gasteiger partial charge in [0.2, 0.25) is 0 Å². The van der Waals surface area contributed by atoms with E-state index in [4.69, 9.17) is 14.5 Å². The van der Waals surface area contributed by atoms with Gasteiger partial charge in [-0.1, -0.05) is 12.1 Å². The maximum atomic E-state index is 13.4. The van der Waals surface area contributed by atoms with Crippen molar-refractivity contribution in [3.63, 3.8) is 0 Å². The SMILES string of the molecule is COC(=O)NCCCc1nc([C@@H](C)N(C(=O)[C@H]2CNCCO2)C2CC2)sc1C(=O)Nc1ccccc1OC. The number of aromatic nitrogens is 1. The second kappa shape index (κ2) is 13.0. The highest BCUT2D eigenvalue weighted by molar-refractivity contribution is 7.14. The van der Waals surface area contributed by atoms with Gasteiger partial charge in [-0.25, -0.2) is 9.78 Å². The molecule has 206 valence electrons. The molecule has 1 saturated heterocycles. The van der Waals surface area contributed by atoms with Crippen LogP contribution < -0.4 is 20.7 Å². The first-order valence-electron chi connectivity index (χ1n) is 12.8. The van der Waals surface area contributed by atoms with Crippen LogP contribution in [-0.2, 0) is 20.7 Å². The summed E-state index contributed by atoms with van der Waals surface area (Å²) in [6, 6.07) is 7.02. The van der Waals surface area contributed by atoms with Crippen LogP contribution in [0.1, 0.15) is 52.6 Å². The summed E-state index contributed by atoms with van der Waals surface area (Å²) in [5.74, 6) is 0.200. The Labute approximate surface area is 226 Å². The lowest BCUT2D eigenvalue weighted by Crippen LogP contribution is -2.50. The van der Waals surface area contributed by atoms with Crippen LogP contribution in [0.25, 0.3) is 0 Å². The molecule has 3 N–H and O–H groups in total. The van der Waals surface area contributed by atoms with Gasteiger partial charge in [-0.3, -0.25) is 9.59 Å². The molecule has 0 radical (unpaired) electrons. The fourth-order valence-electron chi connectivity index (χ4n) is 4.39. The Morgan fingerprint density at radius 3 is 2.74 bits per heavy atom. The van der Waals surface area contributed by atoms with Crippen molar-refractivity contribution < 1.29 is 28.6 Å². The monoisotopic (exact) mass is 545 g/mol. The third kappa shape index (κ3) is 6.80. The van der Waals surface area contributed by atoms with Crippen LogP contribution in [0, 0.1) is 0 Å². The third-order valence-corrected chi connectivity index (χ3v) is 7.76. The zero-order chi connectivity index (χ0) is 27.1. The number of hydrogen-bond acceptors (Lipinski definition) is 9. The average molecular weight is 546 g/mol. The molecule has 2 fully saturated rings. The molecule has 1 aliphatic heterocycles. The molecular weight excluding hydrogens is 510 g/mol. The Morgan fingerprint density at radius 2 is 2.05 bits per heavy atom. The Balaban J connectivity index is 1.56. The van der Waals surface area contributed by atoms with E-state index in [1.807, 2.05) is 24.0 Å². The van der Waals surface area contributed by atoms with E-state index in [1.165, 1.54) is 18.4 Å². The first-order valence-corrected chi connectivity index (χ1v) is 13.6. The molecule has 2 heterocycles. The topological polar surface area (TPSA) is 131 Å². The van der Waals surface area contributed by atoms with Gasteiger partial charge in [0.05, 0.1) is 38.2 Å². The van der Waals surface area contributed by atoms with Crippen molar-refractivity contribution in [2.75, 3.05) is 45.8 Å². The van der Waals surface area contributed by atoms with E-state index in [1.54, 1.807) is 19.2 Å². The van der Waals surface area contributed by atoms with Gasteiger partial charge in [0, 0.05) is 25.7 Å². The Morgan fingerprint density at radius 1 is 1.26 bits per heavy atom. The molecule has 2 aliphatic rings. The molecule has 11 nitrogen and oxygen atoms in total. The molecule has 1 aromatic carbocycles. The van der Waals surface area contributed by atoms with Gasteiger partial charge in [0.15, 0.2) is 0 Å². The molecular formula is C26H35N5O6S. The number of nitrogens with one attached hydrogen (secondary N) is 3. The van der Waals surface area contributed by atoms with E-state index in [-0.39, 0.29) is 23.9 Å². The highest BCUT2D eigenvalue weighted by atomic mass is 32.1. The number of carbonyl (C=O) groups is 3. The summed E-state index contributed by atoms with van der Waals surface area (Å²) >= 11 is 1.29. The van der Waals surface area contributed by atoms with Gasteiger partial charge in [-0.05, 0) is 44.7 Å². The molecule has 1 aromatic heterocycles. The predicted octanol–water partition coefficient (Wildman–Crippen LogP) is 2.73. The zero-order valence-corrected chi connectivity index (χ0v) is 22.8. The Bertz CT molecular complexity index is 1130. The number of nitrogens with zero attached hydrogens (tertiary/aromatic N) is 2. The Hall–Kier alpha value is -3.22. The number of hydrogen-bond donors (Lipinski definition) is 3. The number of morpholine rings is 1. The fourth-order valence-corrected chi connectivity index (χ4v) is 5.45. The van der Waals surface area contributed by atoms with E-state index in [0.29, 0.717) is 59.6 Å². The van der Waals surface area contributed by atoms with Crippen molar-refractivity contribution in [2.24, 2.45) is 0 Å². The zero-order valence-electron chi connectivity index (χ0n) is 22.0. The summed E-state index contributed by atoms with van der Waals surface area (Å²) in [6.07, 6.45) is 1.88. The molecule has 1 aliphatic carbocycles. The normalized spacial score (nSPS) is 17.8. The summed E-state index contributed by atoms with van der Waals surface area (Å²) in [6.45, 7) is 4.04. The number of benzene rings is 1. The van der Waals surface area contributed by atoms with Gasteiger partial charge in [-0.2, -0.15) is 0 Å². The van der Waals surface area contributed by atoms with Gasteiger partial charge >= 0.3 is 6.09 Å². The molecule has 2 aromatic rings. The number of para-hydroxylation sites is 2. The predicted molar refractivity (Wildman–Crippen MR) is 143 cm³/mol. The minimum atomic E-state index is -0.524. The summed E-state index contributed by atoms with van der Waals surface area (Å²) in [5, 5.41) is 9.50. The number of methoxy groups -OCH3 is 2. The number of alkyl carbamates (subject to hydrolysis) is 1. The van der Waals surface area contributed by atoms with E-state index in [2.05, 4.69) is 20.7 Å². The van der Waals surface area contributed by atoms with Crippen LogP contribution in [0.4, 0.5) is 10.5 Å². The molecule has 0 spiro atoms. The summed E-state index contributed by atoms with van der Waals surface area (Å²) in [5.41, 5.74) is 1.17. The smallest absolute Gasteiger partial charge is 0.406 e. The van der Waals surface area contributed by atoms with Gasteiger partial charge < -0.3 is 35.1 Å². The molecule has 3 amide bonds. The minimum Gasteiger partial charge on any atom is -0.495 e. The lowest BCUT2D eigenvalue weighted by atomic mass is 10.2. The van der Waals surface area contributed by atoms with Crippen LogP contribution in [0.3, 0.4) is 0 Å². The van der Waals surface area contributed by atoms with Crippen molar-refractivity contribution in [1.82, 2.24) is 20.5 Å². The Kier molecular flexibility index (Phi) is 9.53. The van der Waals surface area contributed by atoms with Gasteiger partial charge in [0.25, 0.3) is 11.8 Å². The number of aryl methyl sites for hydroxylation is 1. The molecule has 38 heavy (non-hydrogen) atoms. The number of anilines is 1. The molecule has 0 bridgehead atoms. The van der Waals surface area contributed by atoms with Crippen molar-refractivity contribution in [1.29, 1.82) is 0 Å². The molecule has 1 saturated carbocycles. The maximum Gasteiger partial charge on any atom is 0.406 e. The molecule has 2 atom stereocenters. The summed E-state index contributed by atoms with van der Waals surface area (Å²) in [7, 11) is 2.86. The quantitative estimate of drug-likeness (QED) is 0.368. The number of thiazole rings is 1. The average Bonchev–Trinajstić information content (AvgIpc) is 3.68. The van der Waals surface area contributed by atoms with Crippen molar-refractivity contribution in [3.8, 4) is 5.75 Å². The lowest BCUT2D eigenvalue weighted by Gasteiger charge is -2.33. The van der Waals surface area contributed by atoms with E-state index in [0.717, 1.165) is 19.4 Å². The second-order valence-electron chi connectivity index (χ2n) is 9.22. The maximum absolute atomic E-state index is 13.4. The van der Waals surface area contributed by atoms with Crippen molar-refractivity contribution >= 4 is 34.9 Å². The summed E-state index contributed by atoms with van der Waals surface area (Å²) < 4.78 is 15.7. The van der Waals surface area contributed by atoms with E-state index < -0.39 is 12.2 Å². The molecule has 12 heteroatoms. The van der Waals surface area contributed by atoms with Gasteiger partial charge in [0.1, 0.15) is 21.7 Å². The number of carbonyl (C=O) groups excluding carboxylic acids is 3. The third-order valence-electron chi connectivity index (χ3n) is 6.49. The number of ether oxygens (including phenoxy) is 3. The highest BCUT2D eigenvalue weighted by Crippen LogP contribution is 2.38. The lowest BCUT2D eigenvalue weighted by molar-refractivity contribution is -0.148.